The van der Waals surface area contributed by atoms with Crippen molar-refractivity contribution in [2.75, 3.05) is 0 Å². The minimum absolute atomic E-state index is 0.158. The molecule has 1 aliphatic rings. The molecular formula is C22H20N4O3. The normalized spacial score (nSPS) is 16.1. The standard InChI is InChI=1S/C22H20N4O3/c27-19(12-26-21(28)15-7-2-4-10-17(15)25-22(26)29)23-18-11-5-8-14-13-6-1-3-9-16(13)24-20(14)18/h1-4,6-7,9-10,18,24H,5,8,11-12H2,(H,23,27)(H,25,29). The Labute approximate surface area is 165 Å². The zero-order chi connectivity index (χ0) is 20.0. The summed E-state index contributed by atoms with van der Waals surface area (Å²) in [6.45, 7) is -0.314. The summed E-state index contributed by atoms with van der Waals surface area (Å²) in [4.78, 5) is 43.8. The van der Waals surface area contributed by atoms with Gasteiger partial charge in [-0.05, 0) is 43.0 Å². The van der Waals surface area contributed by atoms with Crippen molar-refractivity contribution in [3.05, 3.63) is 80.6 Å². The Hall–Kier alpha value is -3.61. The van der Waals surface area contributed by atoms with Gasteiger partial charge in [0, 0.05) is 16.6 Å². The number of amides is 1. The number of fused-ring (bicyclic) bond motifs is 4. The topological polar surface area (TPSA) is 99.8 Å². The van der Waals surface area contributed by atoms with Crippen LogP contribution >= 0.6 is 0 Å². The lowest BCUT2D eigenvalue weighted by Gasteiger charge is -2.24. The van der Waals surface area contributed by atoms with Gasteiger partial charge in [-0.2, -0.15) is 0 Å². The highest BCUT2D eigenvalue weighted by Crippen LogP contribution is 2.34. The number of hydrogen-bond donors (Lipinski definition) is 3. The first kappa shape index (κ1) is 17.5. The average Bonchev–Trinajstić information content (AvgIpc) is 3.11. The lowest BCUT2D eigenvalue weighted by atomic mass is 9.91. The summed E-state index contributed by atoms with van der Waals surface area (Å²) in [7, 11) is 0. The molecule has 0 saturated heterocycles. The van der Waals surface area contributed by atoms with Crippen LogP contribution in [0.3, 0.4) is 0 Å². The van der Waals surface area contributed by atoms with Crippen LogP contribution in [0.1, 0.15) is 30.1 Å². The van der Waals surface area contributed by atoms with E-state index < -0.39 is 11.2 Å². The number of carbonyl (C=O) groups is 1. The smallest absolute Gasteiger partial charge is 0.329 e. The molecule has 1 aliphatic carbocycles. The highest BCUT2D eigenvalue weighted by atomic mass is 16.2. The number of aromatic amines is 2. The minimum Gasteiger partial charge on any atom is -0.356 e. The summed E-state index contributed by atoms with van der Waals surface area (Å²) < 4.78 is 0.951. The van der Waals surface area contributed by atoms with Gasteiger partial charge in [0.05, 0.1) is 16.9 Å². The van der Waals surface area contributed by atoms with Gasteiger partial charge in [-0.1, -0.05) is 30.3 Å². The second-order valence-corrected chi connectivity index (χ2v) is 7.44. The van der Waals surface area contributed by atoms with Crippen LogP contribution < -0.4 is 16.6 Å². The Bertz CT molecular complexity index is 1360. The molecule has 0 aliphatic heterocycles. The summed E-state index contributed by atoms with van der Waals surface area (Å²) in [6.07, 6.45) is 2.75. The zero-order valence-corrected chi connectivity index (χ0v) is 15.7. The third kappa shape index (κ3) is 2.95. The molecule has 0 spiro atoms. The molecule has 1 unspecified atom stereocenters. The molecule has 2 heterocycles. The van der Waals surface area contributed by atoms with Gasteiger partial charge in [0.15, 0.2) is 0 Å². The third-order valence-corrected chi connectivity index (χ3v) is 5.64. The zero-order valence-electron chi connectivity index (χ0n) is 15.7. The van der Waals surface area contributed by atoms with E-state index in [4.69, 9.17) is 0 Å². The fourth-order valence-electron chi connectivity index (χ4n) is 4.29. The van der Waals surface area contributed by atoms with E-state index in [0.717, 1.165) is 35.0 Å². The molecule has 0 bridgehead atoms. The Morgan fingerprint density at radius 2 is 1.69 bits per heavy atom. The van der Waals surface area contributed by atoms with Crippen molar-refractivity contribution in [1.82, 2.24) is 19.9 Å². The van der Waals surface area contributed by atoms with Crippen molar-refractivity contribution in [2.24, 2.45) is 0 Å². The van der Waals surface area contributed by atoms with Crippen molar-refractivity contribution in [1.29, 1.82) is 0 Å². The van der Waals surface area contributed by atoms with Crippen molar-refractivity contribution in [2.45, 2.75) is 31.8 Å². The number of carbonyl (C=O) groups excluding carboxylic acids is 1. The maximum absolute atomic E-state index is 12.7. The summed E-state index contributed by atoms with van der Waals surface area (Å²) >= 11 is 0. The Morgan fingerprint density at radius 1 is 1.00 bits per heavy atom. The van der Waals surface area contributed by atoms with Crippen molar-refractivity contribution in [3.63, 3.8) is 0 Å². The van der Waals surface area contributed by atoms with E-state index in [1.165, 1.54) is 10.9 Å². The van der Waals surface area contributed by atoms with Crippen molar-refractivity contribution < 1.29 is 4.79 Å². The first-order chi connectivity index (χ1) is 14.1. The molecule has 1 atom stereocenters. The van der Waals surface area contributed by atoms with E-state index in [2.05, 4.69) is 21.4 Å². The number of para-hydroxylation sites is 2. The van der Waals surface area contributed by atoms with Crippen LogP contribution in [0.4, 0.5) is 0 Å². The summed E-state index contributed by atoms with van der Waals surface area (Å²) in [6, 6.07) is 14.7. The number of nitrogens with zero attached hydrogens (tertiary/aromatic N) is 1. The van der Waals surface area contributed by atoms with Gasteiger partial charge in [-0.25, -0.2) is 4.79 Å². The van der Waals surface area contributed by atoms with Crippen LogP contribution in [0.15, 0.2) is 58.1 Å². The van der Waals surface area contributed by atoms with Crippen LogP contribution in [0.5, 0.6) is 0 Å². The predicted molar refractivity (Wildman–Crippen MR) is 111 cm³/mol. The molecule has 4 aromatic rings. The van der Waals surface area contributed by atoms with Gasteiger partial charge in [0.1, 0.15) is 6.54 Å². The molecule has 146 valence electrons. The van der Waals surface area contributed by atoms with Crippen LogP contribution in [-0.2, 0) is 17.8 Å². The number of benzene rings is 2. The second kappa shape index (κ2) is 6.77. The number of aromatic nitrogens is 3. The molecule has 2 aromatic heterocycles. The van der Waals surface area contributed by atoms with Crippen LogP contribution in [0, 0.1) is 0 Å². The molecular weight excluding hydrogens is 368 g/mol. The van der Waals surface area contributed by atoms with Crippen LogP contribution in [0.2, 0.25) is 0 Å². The van der Waals surface area contributed by atoms with Gasteiger partial charge < -0.3 is 15.3 Å². The maximum Gasteiger partial charge on any atom is 0.329 e. The Morgan fingerprint density at radius 3 is 2.48 bits per heavy atom. The summed E-state index contributed by atoms with van der Waals surface area (Å²) in [5.74, 6) is -0.357. The number of rotatable bonds is 3. The molecule has 29 heavy (non-hydrogen) atoms. The predicted octanol–water partition coefficient (Wildman–Crippen LogP) is 2.36. The Balaban J connectivity index is 1.44. The second-order valence-electron chi connectivity index (χ2n) is 7.44. The SMILES string of the molecule is O=C(Cn1c(=O)[nH]c2ccccc2c1=O)NC1CCCc2c1[nH]c1ccccc21. The highest BCUT2D eigenvalue weighted by Gasteiger charge is 2.25. The highest BCUT2D eigenvalue weighted by molar-refractivity contribution is 5.85. The molecule has 3 N–H and O–H groups in total. The van der Waals surface area contributed by atoms with Crippen molar-refractivity contribution >= 4 is 27.7 Å². The number of aryl methyl sites for hydroxylation is 1. The number of H-pyrrole nitrogens is 2. The molecule has 2 aromatic carbocycles. The molecule has 7 nitrogen and oxygen atoms in total. The molecule has 1 amide bonds. The van der Waals surface area contributed by atoms with Gasteiger partial charge in [-0.15, -0.1) is 0 Å². The summed E-state index contributed by atoms with van der Waals surface area (Å²) in [5.41, 5.74) is 2.73. The molecule has 0 fully saturated rings. The van der Waals surface area contributed by atoms with Gasteiger partial charge in [0.25, 0.3) is 5.56 Å². The number of nitrogens with one attached hydrogen (secondary N) is 3. The van der Waals surface area contributed by atoms with E-state index in [1.807, 2.05) is 18.2 Å². The number of hydrogen-bond acceptors (Lipinski definition) is 3. The van der Waals surface area contributed by atoms with Gasteiger partial charge >= 0.3 is 5.69 Å². The quantitative estimate of drug-likeness (QED) is 0.502. The van der Waals surface area contributed by atoms with E-state index in [1.54, 1.807) is 24.3 Å². The van der Waals surface area contributed by atoms with Gasteiger partial charge in [0.2, 0.25) is 5.91 Å². The lowest BCUT2D eigenvalue weighted by Crippen LogP contribution is -2.41. The first-order valence-corrected chi connectivity index (χ1v) is 9.72. The Kier molecular flexibility index (Phi) is 4.08. The fourth-order valence-corrected chi connectivity index (χ4v) is 4.29. The average molecular weight is 388 g/mol. The van der Waals surface area contributed by atoms with Crippen molar-refractivity contribution in [3.8, 4) is 0 Å². The van der Waals surface area contributed by atoms with Crippen LogP contribution in [0.25, 0.3) is 21.8 Å². The summed E-state index contributed by atoms with van der Waals surface area (Å²) in [5, 5.41) is 4.57. The minimum atomic E-state index is -0.584. The molecule has 5 rings (SSSR count). The maximum atomic E-state index is 12.7. The van der Waals surface area contributed by atoms with Crippen LogP contribution in [-0.4, -0.2) is 20.4 Å². The fraction of sp³-hybridized carbons (Fsp3) is 0.227. The largest absolute Gasteiger partial charge is 0.356 e. The van der Waals surface area contributed by atoms with Gasteiger partial charge in [-0.3, -0.25) is 14.2 Å². The molecule has 0 radical (unpaired) electrons. The van der Waals surface area contributed by atoms with E-state index in [-0.39, 0.29) is 18.5 Å². The molecule has 0 saturated carbocycles. The first-order valence-electron chi connectivity index (χ1n) is 9.72. The third-order valence-electron chi connectivity index (χ3n) is 5.64. The van der Waals surface area contributed by atoms with E-state index in [0.29, 0.717) is 10.9 Å². The molecule has 7 heteroatoms. The lowest BCUT2D eigenvalue weighted by molar-refractivity contribution is -0.122. The van der Waals surface area contributed by atoms with E-state index >= 15 is 0 Å². The monoisotopic (exact) mass is 388 g/mol. The van der Waals surface area contributed by atoms with E-state index in [9.17, 15) is 14.4 Å².